The fraction of sp³-hybridized carbons (Fsp3) is 0.375. The Morgan fingerprint density at radius 2 is 1.70 bits per heavy atom. The maximum Gasteiger partial charge on any atom is 0.247 e. The van der Waals surface area contributed by atoms with Crippen molar-refractivity contribution in [1.82, 2.24) is 9.80 Å². The normalized spacial score (nSPS) is 11.0. The lowest BCUT2D eigenvalue weighted by atomic mass is 10.1. The molecule has 0 aliphatic rings. The van der Waals surface area contributed by atoms with Crippen molar-refractivity contribution in [2.45, 2.75) is 33.2 Å². The Morgan fingerprint density at radius 1 is 0.925 bits per heavy atom. The molecule has 0 N–H and O–H groups in total. The Labute approximate surface area is 242 Å². The molecule has 0 spiro atoms. The van der Waals surface area contributed by atoms with Crippen LogP contribution < -0.4 is 9.47 Å². The molecule has 40 heavy (non-hydrogen) atoms. The number of methoxy groups -OCH3 is 2. The standard InChI is InChI=1S/C32H40N2O5S/c1-5-39-21-9-19-33(31(35)17-14-26-10-7-6-8-11-26)24-32(36)34(23-28-15-12-25(2)40-28)20-18-27-13-16-29(37-3)30(22-27)38-4/h6-8,10-17,22H,5,9,18-21,23-24H2,1-4H3/b17-14+. The molecule has 3 aromatic rings. The van der Waals surface area contributed by atoms with Gasteiger partial charge in [0, 0.05) is 42.1 Å². The third kappa shape index (κ3) is 9.84. The van der Waals surface area contributed by atoms with Gasteiger partial charge in [-0.25, -0.2) is 0 Å². The number of aryl methyl sites for hydroxylation is 1. The van der Waals surface area contributed by atoms with Crippen LogP contribution in [0.25, 0.3) is 6.08 Å². The topological polar surface area (TPSA) is 68.3 Å². The molecule has 0 radical (unpaired) electrons. The first kappa shape index (κ1) is 30.9. The van der Waals surface area contributed by atoms with Crippen molar-refractivity contribution in [3.63, 3.8) is 0 Å². The number of carbonyl (C=O) groups is 2. The maximum absolute atomic E-state index is 13.7. The zero-order chi connectivity index (χ0) is 28.7. The van der Waals surface area contributed by atoms with Gasteiger partial charge in [-0.05, 0) is 68.2 Å². The van der Waals surface area contributed by atoms with Gasteiger partial charge in [-0.2, -0.15) is 0 Å². The minimum absolute atomic E-state index is 0.000376. The molecule has 3 rings (SSSR count). The molecule has 0 unspecified atom stereocenters. The highest BCUT2D eigenvalue weighted by atomic mass is 32.1. The summed E-state index contributed by atoms with van der Waals surface area (Å²) in [4.78, 5) is 32.7. The summed E-state index contributed by atoms with van der Waals surface area (Å²) in [6.45, 7) is 6.59. The second-order valence-corrected chi connectivity index (χ2v) is 10.7. The fourth-order valence-corrected chi connectivity index (χ4v) is 5.13. The van der Waals surface area contributed by atoms with E-state index in [1.807, 2.05) is 60.4 Å². The number of hydrogen-bond donors (Lipinski definition) is 0. The SMILES string of the molecule is CCOCCCN(CC(=O)N(CCc1ccc(OC)c(OC)c1)Cc1ccc(C)s1)C(=O)/C=C/c1ccccc1. The smallest absolute Gasteiger partial charge is 0.247 e. The number of nitrogens with zero attached hydrogens (tertiary/aromatic N) is 2. The first-order chi connectivity index (χ1) is 19.4. The highest BCUT2D eigenvalue weighted by molar-refractivity contribution is 7.11. The molecule has 214 valence electrons. The molecule has 7 nitrogen and oxygen atoms in total. The Morgan fingerprint density at radius 3 is 2.38 bits per heavy atom. The average molecular weight is 565 g/mol. The third-order valence-corrected chi connectivity index (χ3v) is 7.38. The molecule has 1 aromatic heterocycles. The summed E-state index contributed by atoms with van der Waals surface area (Å²) in [7, 11) is 3.22. The number of thiophene rings is 1. The molecule has 0 aliphatic carbocycles. The molecule has 0 bridgehead atoms. The number of hydrogen-bond acceptors (Lipinski definition) is 6. The second-order valence-electron chi connectivity index (χ2n) is 9.32. The van der Waals surface area contributed by atoms with E-state index in [4.69, 9.17) is 14.2 Å². The van der Waals surface area contributed by atoms with Crippen molar-refractivity contribution >= 4 is 29.2 Å². The summed E-state index contributed by atoms with van der Waals surface area (Å²) in [6, 6.07) is 19.6. The number of benzene rings is 2. The van der Waals surface area contributed by atoms with Crippen LogP contribution in [0, 0.1) is 6.92 Å². The van der Waals surface area contributed by atoms with E-state index in [0.29, 0.717) is 57.2 Å². The Balaban J connectivity index is 1.76. The van der Waals surface area contributed by atoms with Crippen molar-refractivity contribution < 1.29 is 23.8 Å². The van der Waals surface area contributed by atoms with Gasteiger partial charge in [0.25, 0.3) is 0 Å². The molecule has 8 heteroatoms. The molecule has 0 fully saturated rings. The summed E-state index contributed by atoms with van der Waals surface area (Å²) in [5, 5.41) is 0. The van der Waals surface area contributed by atoms with Crippen molar-refractivity contribution in [3.8, 4) is 11.5 Å². The molecule has 0 atom stereocenters. The molecular weight excluding hydrogens is 524 g/mol. The number of carbonyl (C=O) groups excluding carboxylic acids is 2. The molecule has 1 heterocycles. The van der Waals surface area contributed by atoms with Crippen LogP contribution in [0.15, 0.2) is 66.7 Å². The summed E-state index contributed by atoms with van der Waals surface area (Å²) in [5.41, 5.74) is 1.97. The van der Waals surface area contributed by atoms with E-state index < -0.39 is 0 Å². The molecule has 0 aliphatic heterocycles. The summed E-state index contributed by atoms with van der Waals surface area (Å²) in [5.74, 6) is 1.03. The van der Waals surface area contributed by atoms with Crippen molar-refractivity contribution in [2.24, 2.45) is 0 Å². The Kier molecular flexibility index (Phi) is 12.7. The first-order valence-electron chi connectivity index (χ1n) is 13.6. The maximum atomic E-state index is 13.7. The minimum Gasteiger partial charge on any atom is -0.493 e. The van der Waals surface area contributed by atoms with Crippen LogP contribution >= 0.6 is 11.3 Å². The molecule has 0 saturated carbocycles. The third-order valence-electron chi connectivity index (χ3n) is 6.39. The summed E-state index contributed by atoms with van der Waals surface area (Å²) >= 11 is 1.68. The van der Waals surface area contributed by atoms with E-state index in [1.54, 1.807) is 42.6 Å². The molecule has 0 saturated heterocycles. The average Bonchev–Trinajstić information content (AvgIpc) is 3.40. The lowest BCUT2D eigenvalue weighted by Crippen LogP contribution is -2.43. The van der Waals surface area contributed by atoms with Gasteiger partial charge in [0.15, 0.2) is 11.5 Å². The zero-order valence-corrected chi connectivity index (χ0v) is 24.7. The molecule has 2 aromatic carbocycles. The van der Waals surface area contributed by atoms with Gasteiger partial charge in [0.2, 0.25) is 11.8 Å². The lowest BCUT2D eigenvalue weighted by molar-refractivity contribution is -0.138. The van der Waals surface area contributed by atoms with Crippen LogP contribution in [0.4, 0.5) is 0 Å². The number of ether oxygens (including phenoxy) is 3. The first-order valence-corrected chi connectivity index (χ1v) is 14.4. The highest BCUT2D eigenvalue weighted by Crippen LogP contribution is 2.28. The van der Waals surface area contributed by atoms with Crippen LogP contribution in [-0.4, -0.2) is 68.7 Å². The van der Waals surface area contributed by atoms with E-state index in [0.717, 1.165) is 16.0 Å². The van der Waals surface area contributed by atoms with Crippen molar-refractivity contribution in [2.75, 3.05) is 47.1 Å². The number of amides is 2. The van der Waals surface area contributed by atoms with E-state index >= 15 is 0 Å². The van der Waals surface area contributed by atoms with Gasteiger partial charge in [0.1, 0.15) is 6.54 Å². The zero-order valence-electron chi connectivity index (χ0n) is 23.9. The van der Waals surface area contributed by atoms with Gasteiger partial charge in [-0.15, -0.1) is 11.3 Å². The van der Waals surface area contributed by atoms with Crippen molar-refractivity contribution in [1.29, 1.82) is 0 Å². The summed E-state index contributed by atoms with van der Waals surface area (Å²) in [6.07, 6.45) is 4.62. The Bertz CT molecular complexity index is 1240. The van der Waals surface area contributed by atoms with Crippen LogP contribution in [0.5, 0.6) is 11.5 Å². The lowest BCUT2D eigenvalue weighted by Gasteiger charge is -2.27. The van der Waals surface area contributed by atoms with Gasteiger partial charge in [-0.1, -0.05) is 36.4 Å². The number of rotatable bonds is 16. The minimum atomic E-state index is -0.194. The van der Waals surface area contributed by atoms with E-state index in [9.17, 15) is 9.59 Å². The predicted molar refractivity (Wildman–Crippen MR) is 161 cm³/mol. The largest absolute Gasteiger partial charge is 0.493 e. The second kappa shape index (κ2) is 16.5. The fourth-order valence-electron chi connectivity index (χ4n) is 4.22. The molecule has 2 amide bonds. The van der Waals surface area contributed by atoms with Crippen LogP contribution in [0.1, 0.15) is 34.2 Å². The van der Waals surface area contributed by atoms with Crippen molar-refractivity contribution in [3.05, 3.63) is 87.6 Å². The van der Waals surface area contributed by atoms with Gasteiger partial charge >= 0.3 is 0 Å². The van der Waals surface area contributed by atoms with Crippen LogP contribution in [-0.2, 0) is 27.3 Å². The predicted octanol–water partition coefficient (Wildman–Crippen LogP) is 5.61. The highest BCUT2D eigenvalue weighted by Gasteiger charge is 2.21. The van der Waals surface area contributed by atoms with E-state index in [2.05, 4.69) is 19.1 Å². The van der Waals surface area contributed by atoms with Gasteiger partial charge in [0.05, 0.1) is 20.8 Å². The molecular formula is C32H40N2O5S. The monoisotopic (exact) mass is 564 g/mol. The summed E-state index contributed by atoms with van der Waals surface area (Å²) < 4.78 is 16.3. The van der Waals surface area contributed by atoms with E-state index in [-0.39, 0.29) is 18.4 Å². The van der Waals surface area contributed by atoms with Crippen LogP contribution in [0.2, 0.25) is 0 Å². The Hall–Kier alpha value is -3.62. The van der Waals surface area contributed by atoms with E-state index in [1.165, 1.54) is 4.88 Å². The van der Waals surface area contributed by atoms with Gasteiger partial charge in [-0.3, -0.25) is 9.59 Å². The quantitative estimate of drug-likeness (QED) is 0.167. The van der Waals surface area contributed by atoms with Gasteiger partial charge < -0.3 is 24.0 Å². The van der Waals surface area contributed by atoms with Crippen LogP contribution in [0.3, 0.4) is 0 Å².